The van der Waals surface area contributed by atoms with Crippen molar-refractivity contribution in [2.24, 2.45) is 0 Å². The number of rotatable bonds is 8. The highest BCUT2D eigenvalue weighted by Crippen LogP contribution is 2.35. The third-order valence-corrected chi connectivity index (χ3v) is 7.70. The zero-order chi connectivity index (χ0) is 28.5. The molecule has 5 aromatic heterocycles. The summed E-state index contributed by atoms with van der Waals surface area (Å²) < 4.78 is 22.7. The van der Waals surface area contributed by atoms with Gasteiger partial charge in [0, 0.05) is 55.3 Å². The van der Waals surface area contributed by atoms with Crippen LogP contribution in [0.3, 0.4) is 0 Å². The third kappa shape index (κ3) is 5.21. The second kappa shape index (κ2) is 11.1. The molecule has 0 N–H and O–H groups in total. The van der Waals surface area contributed by atoms with E-state index < -0.39 is 0 Å². The summed E-state index contributed by atoms with van der Waals surface area (Å²) >= 11 is 0. The molecule has 11 heteroatoms. The Kier molecular flexibility index (Phi) is 6.84. The standard InChI is InChI=1S/C31H27FN8O2/c32-23-3-1-22(2-4-23)30-31(39(20-34-30)26-9-14-38(15-10-26)18-24-11-16-42-37-24)27-5-6-29-35-25(19-40(29)36-27)17-28(41)21-7-12-33-13-8-21/h1-8,11-13,16,19-20,26H,9-10,14-15,17-18H2. The number of hydrogen-bond acceptors (Lipinski definition) is 8. The van der Waals surface area contributed by atoms with Crippen LogP contribution in [0.2, 0.25) is 0 Å². The number of pyridine rings is 1. The zero-order valence-electron chi connectivity index (χ0n) is 22.7. The van der Waals surface area contributed by atoms with E-state index in [9.17, 15) is 9.18 Å². The first-order chi connectivity index (χ1) is 20.6. The van der Waals surface area contributed by atoms with Gasteiger partial charge in [-0.3, -0.25) is 14.7 Å². The summed E-state index contributed by atoms with van der Waals surface area (Å²) in [5.41, 5.74) is 5.92. The lowest BCUT2D eigenvalue weighted by atomic mass is 10.0. The number of halogens is 1. The van der Waals surface area contributed by atoms with Crippen LogP contribution in [0.15, 0.2) is 90.3 Å². The maximum absolute atomic E-state index is 13.8. The van der Waals surface area contributed by atoms with Gasteiger partial charge < -0.3 is 9.09 Å². The number of likely N-dealkylation sites (tertiary alicyclic amines) is 1. The van der Waals surface area contributed by atoms with Crippen molar-refractivity contribution in [1.82, 2.24) is 39.2 Å². The molecule has 1 aromatic carbocycles. The molecule has 0 saturated carbocycles. The predicted molar refractivity (Wildman–Crippen MR) is 152 cm³/mol. The Morgan fingerprint density at radius 1 is 0.976 bits per heavy atom. The van der Waals surface area contributed by atoms with Crippen molar-refractivity contribution in [3.05, 3.63) is 109 Å². The van der Waals surface area contributed by atoms with E-state index in [0.717, 1.165) is 55.1 Å². The lowest BCUT2D eigenvalue weighted by molar-refractivity contribution is 0.0992. The fourth-order valence-corrected chi connectivity index (χ4v) is 5.56. The summed E-state index contributed by atoms with van der Waals surface area (Å²) in [6, 6.07) is 15.7. The Morgan fingerprint density at radius 2 is 1.79 bits per heavy atom. The van der Waals surface area contributed by atoms with E-state index in [4.69, 9.17) is 14.6 Å². The Morgan fingerprint density at radius 3 is 2.55 bits per heavy atom. The van der Waals surface area contributed by atoms with Crippen LogP contribution in [-0.2, 0) is 13.0 Å². The second-order valence-electron chi connectivity index (χ2n) is 10.4. The molecular formula is C31H27FN8O2. The number of Topliss-reactive ketones (excluding diaryl/α,β-unsaturated/α-hetero) is 1. The van der Waals surface area contributed by atoms with Gasteiger partial charge in [0.25, 0.3) is 0 Å². The first-order valence-corrected chi connectivity index (χ1v) is 13.8. The van der Waals surface area contributed by atoms with Crippen molar-refractivity contribution in [1.29, 1.82) is 0 Å². The van der Waals surface area contributed by atoms with Crippen LogP contribution in [-0.4, -0.2) is 58.1 Å². The van der Waals surface area contributed by atoms with E-state index in [1.54, 1.807) is 53.6 Å². The van der Waals surface area contributed by atoms with Crippen LogP contribution in [0.25, 0.3) is 28.3 Å². The molecule has 1 fully saturated rings. The van der Waals surface area contributed by atoms with Gasteiger partial charge in [-0.15, -0.1) is 0 Å². The number of imidazole rings is 2. The maximum atomic E-state index is 13.8. The summed E-state index contributed by atoms with van der Waals surface area (Å²) in [6.45, 7) is 2.57. The number of piperidine rings is 1. The average molecular weight is 563 g/mol. The van der Waals surface area contributed by atoms with Crippen molar-refractivity contribution in [3.63, 3.8) is 0 Å². The van der Waals surface area contributed by atoms with Gasteiger partial charge in [0.2, 0.25) is 0 Å². The van der Waals surface area contributed by atoms with E-state index in [0.29, 0.717) is 22.6 Å². The quantitative estimate of drug-likeness (QED) is 0.238. The monoisotopic (exact) mass is 562 g/mol. The molecule has 0 amide bonds. The Hall–Kier alpha value is -5.03. The smallest absolute Gasteiger partial charge is 0.168 e. The minimum Gasteiger partial charge on any atom is -0.364 e. The minimum atomic E-state index is -0.300. The van der Waals surface area contributed by atoms with E-state index in [2.05, 4.69) is 24.6 Å². The SMILES string of the molecule is O=C(Cc1cn2nc(-c3c(-c4ccc(F)cc4)ncn3C3CCN(Cc4ccon4)CC3)ccc2n1)c1ccncc1. The van der Waals surface area contributed by atoms with Crippen LogP contribution >= 0.6 is 0 Å². The molecule has 42 heavy (non-hydrogen) atoms. The molecular weight excluding hydrogens is 535 g/mol. The van der Waals surface area contributed by atoms with Gasteiger partial charge in [-0.1, -0.05) is 5.16 Å². The van der Waals surface area contributed by atoms with E-state index >= 15 is 0 Å². The van der Waals surface area contributed by atoms with Crippen LogP contribution in [0.4, 0.5) is 4.39 Å². The molecule has 6 heterocycles. The molecule has 10 nitrogen and oxygen atoms in total. The van der Waals surface area contributed by atoms with Crippen molar-refractivity contribution in [2.75, 3.05) is 13.1 Å². The second-order valence-corrected chi connectivity index (χ2v) is 10.4. The number of carbonyl (C=O) groups excluding carboxylic acids is 1. The van der Waals surface area contributed by atoms with Gasteiger partial charge in [-0.05, 0) is 61.4 Å². The summed E-state index contributed by atoms with van der Waals surface area (Å²) in [7, 11) is 0. The molecule has 1 aliphatic heterocycles. The molecule has 1 aliphatic rings. The van der Waals surface area contributed by atoms with E-state index in [1.807, 2.05) is 24.5 Å². The normalized spacial score (nSPS) is 14.5. The van der Waals surface area contributed by atoms with Crippen molar-refractivity contribution in [3.8, 4) is 22.6 Å². The van der Waals surface area contributed by atoms with E-state index in [1.165, 1.54) is 12.1 Å². The molecule has 1 saturated heterocycles. The van der Waals surface area contributed by atoms with Gasteiger partial charge in [0.15, 0.2) is 11.4 Å². The highest BCUT2D eigenvalue weighted by atomic mass is 19.1. The highest BCUT2D eigenvalue weighted by molar-refractivity contribution is 5.97. The lowest BCUT2D eigenvalue weighted by Gasteiger charge is -2.32. The number of nitrogens with zero attached hydrogens (tertiary/aromatic N) is 8. The molecule has 210 valence electrons. The van der Waals surface area contributed by atoms with Gasteiger partial charge in [-0.2, -0.15) is 5.10 Å². The van der Waals surface area contributed by atoms with Crippen LogP contribution in [0.1, 0.15) is 40.6 Å². The Balaban J connectivity index is 1.20. The number of fused-ring (bicyclic) bond motifs is 1. The summed E-state index contributed by atoms with van der Waals surface area (Å²) in [4.78, 5) is 28.5. The van der Waals surface area contributed by atoms with Crippen LogP contribution in [0.5, 0.6) is 0 Å². The van der Waals surface area contributed by atoms with Crippen molar-refractivity contribution >= 4 is 11.4 Å². The largest absolute Gasteiger partial charge is 0.364 e. The van der Waals surface area contributed by atoms with Crippen LogP contribution < -0.4 is 0 Å². The zero-order valence-corrected chi connectivity index (χ0v) is 22.7. The first kappa shape index (κ1) is 25.9. The van der Waals surface area contributed by atoms with Crippen molar-refractivity contribution in [2.45, 2.75) is 31.8 Å². The minimum absolute atomic E-state index is 0.0346. The predicted octanol–water partition coefficient (Wildman–Crippen LogP) is 5.04. The number of aromatic nitrogens is 7. The lowest BCUT2D eigenvalue weighted by Crippen LogP contribution is -2.34. The molecule has 0 unspecified atom stereocenters. The summed E-state index contributed by atoms with van der Waals surface area (Å²) in [5, 5.41) is 8.96. The van der Waals surface area contributed by atoms with E-state index in [-0.39, 0.29) is 24.1 Å². The molecule has 0 radical (unpaired) electrons. The average Bonchev–Trinajstić information content (AvgIpc) is 3.78. The summed E-state index contributed by atoms with van der Waals surface area (Å²) in [5.74, 6) is -0.335. The molecule has 7 rings (SSSR count). The number of benzene rings is 1. The fraction of sp³-hybridized carbons (Fsp3) is 0.226. The number of carbonyl (C=O) groups is 1. The van der Waals surface area contributed by atoms with Crippen molar-refractivity contribution < 1.29 is 13.7 Å². The Labute approximate surface area is 240 Å². The topological polar surface area (TPSA) is 107 Å². The van der Waals surface area contributed by atoms with Gasteiger partial charge in [-0.25, -0.2) is 18.9 Å². The number of hydrogen-bond donors (Lipinski definition) is 0. The third-order valence-electron chi connectivity index (χ3n) is 7.70. The summed E-state index contributed by atoms with van der Waals surface area (Å²) in [6.07, 6.45) is 10.5. The first-order valence-electron chi connectivity index (χ1n) is 13.8. The number of ketones is 1. The Bertz CT molecular complexity index is 1820. The highest BCUT2D eigenvalue weighted by Gasteiger charge is 2.26. The van der Waals surface area contributed by atoms with Gasteiger partial charge in [0.05, 0.1) is 41.7 Å². The maximum Gasteiger partial charge on any atom is 0.168 e. The van der Waals surface area contributed by atoms with Gasteiger partial charge >= 0.3 is 0 Å². The van der Waals surface area contributed by atoms with Crippen LogP contribution in [0, 0.1) is 5.82 Å². The molecule has 0 spiro atoms. The van der Waals surface area contributed by atoms with Gasteiger partial charge in [0.1, 0.15) is 17.8 Å². The fourth-order valence-electron chi connectivity index (χ4n) is 5.56. The molecule has 0 aliphatic carbocycles. The molecule has 6 aromatic rings. The molecule has 0 bridgehead atoms. The molecule has 0 atom stereocenters.